The van der Waals surface area contributed by atoms with E-state index in [1.807, 2.05) is 24.3 Å². The number of ether oxygens (including phenoxy) is 1. The lowest BCUT2D eigenvalue weighted by molar-refractivity contribution is -0.119. The van der Waals surface area contributed by atoms with Crippen LogP contribution < -0.4 is 10.5 Å². The van der Waals surface area contributed by atoms with Gasteiger partial charge in [-0.1, -0.05) is 18.2 Å². The predicted octanol–water partition coefficient (Wildman–Crippen LogP) is 2.57. The largest absolute Gasteiger partial charge is 0.493 e. The number of rotatable bonds is 4. The number of nitrogens with two attached hydrogens (primary N) is 1. The molecule has 1 aliphatic rings. The summed E-state index contributed by atoms with van der Waals surface area (Å²) in [4.78, 5) is 0. The number of alkyl halides is 2. The van der Waals surface area contributed by atoms with Gasteiger partial charge in [-0.2, -0.15) is 0 Å². The van der Waals surface area contributed by atoms with E-state index in [1.54, 1.807) is 0 Å². The molecule has 88 valence electrons. The molecule has 0 bridgehead atoms. The molecule has 2 N–H and O–H groups in total. The molecule has 0 radical (unpaired) electrons. The lowest BCUT2D eigenvalue weighted by Gasteiger charge is -2.34. The van der Waals surface area contributed by atoms with Crippen molar-refractivity contribution in [2.75, 3.05) is 6.61 Å². The summed E-state index contributed by atoms with van der Waals surface area (Å²) in [6.45, 7) is 0.754. The highest BCUT2D eigenvalue weighted by atomic mass is 19.3. The van der Waals surface area contributed by atoms with E-state index in [-0.39, 0.29) is 18.8 Å². The Morgan fingerprint density at radius 1 is 1.31 bits per heavy atom. The van der Waals surface area contributed by atoms with Gasteiger partial charge >= 0.3 is 0 Å². The van der Waals surface area contributed by atoms with Crippen LogP contribution in [0.5, 0.6) is 5.75 Å². The SMILES string of the molecule is NCc1ccccc1OCC1CC(F)(F)C1. The fraction of sp³-hybridized carbons (Fsp3) is 0.500. The molecule has 0 aliphatic heterocycles. The summed E-state index contributed by atoms with van der Waals surface area (Å²) < 4.78 is 30.7. The van der Waals surface area contributed by atoms with Crippen molar-refractivity contribution in [2.24, 2.45) is 11.7 Å². The second-order valence-electron chi connectivity index (χ2n) is 4.25. The fourth-order valence-electron chi connectivity index (χ4n) is 1.92. The van der Waals surface area contributed by atoms with Crippen LogP contribution in [0.1, 0.15) is 18.4 Å². The molecule has 1 aromatic carbocycles. The Hall–Kier alpha value is -1.16. The predicted molar refractivity (Wildman–Crippen MR) is 57.5 cm³/mol. The molecule has 0 unspecified atom stereocenters. The first-order valence-corrected chi connectivity index (χ1v) is 5.39. The van der Waals surface area contributed by atoms with Gasteiger partial charge in [-0.15, -0.1) is 0 Å². The van der Waals surface area contributed by atoms with E-state index in [1.165, 1.54) is 0 Å². The zero-order valence-corrected chi connectivity index (χ0v) is 8.96. The summed E-state index contributed by atoms with van der Waals surface area (Å²) in [5.74, 6) is -1.79. The van der Waals surface area contributed by atoms with E-state index in [0.29, 0.717) is 18.9 Å². The van der Waals surface area contributed by atoms with Gasteiger partial charge in [0.25, 0.3) is 0 Å². The first-order chi connectivity index (χ1) is 7.61. The van der Waals surface area contributed by atoms with Crippen molar-refractivity contribution < 1.29 is 13.5 Å². The maximum Gasteiger partial charge on any atom is 0.248 e. The minimum absolute atomic E-state index is 0.0270. The van der Waals surface area contributed by atoms with Crippen LogP contribution in [0, 0.1) is 5.92 Å². The molecule has 0 spiro atoms. The molecule has 1 fully saturated rings. The van der Waals surface area contributed by atoms with E-state index < -0.39 is 5.92 Å². The highest BCUT2D eigenvalue weighted by Crippen LogP contribution is 2.42. The lowest BCUT2D eigenvalue weighted by Crippen LogP contribution is -2.38. The van der Waals surface area contributed by atoms with Crippen molar-refractivity contribution in [3.63, 3.8) is 0 Å². The van der Waals surface area contributed by atoms with Crippen LogP contribution in [0.3, 0.4) is 0 Å². The van der Waals surface area contributed by atoms with E-state index in [0.717, 1.165) is 5.56 Å². The molecule has 2 rings (SSSR count). The highest BCUT2D eigenvalue weighted by molar-refractivity contribution is 5.33. The minimum Gasteiger partial charge on any atom is -0.493 e. The molecular formula is C12H15F2NO. The standard InChI is InChI=1S/C12H15F2NO/c13-12(14)5-9(6-12)8-16-11-4-2-1-3-10(11)7-15/h1-4,9H,5-8,15H2. The van der Waals surface area contributed by atoms with Crippen LogP contribution in [0.4, 0.5) is 8.78 Å². The maximum absolute atomic E-state index is 12.6. The zero-order valence-electron chi connectivity index (χ0n) is 8.96. The Labute approximate surface area is 93.4 Å². The van der Waals surface area contributed by atoms with Gasteiger partial charge in [0.05, 0.1) is 6.61 Å². The summed E-state index contributed by atoms with van der Waals surface area (Å²) in [6, 6.07) is 7.43. The van der Waals surface area contributed by atoms with Gasteiger partial charge in [0.2, 0.25) is 5.92 Å². The van der Waals surface area contributed by atoms with Crippen LogP contribution in [-0.4, -0.2) is 12.5 Å². The van der Waals surface area contributed by atoms with E-state index in [2.05, 4.69) is 0 Å². The Balaban J connectivity index is 1.86. The Morgan fingerprint density at radius 3 is 2.62 bits per heavy atom. The third kappa shape index (κ3) is 2.50. The van der Waals surface area contributed by atoms with Crippen LogP contribution in [0.2, 0.25) is 0 Å². The van der Waals surface area contributed by atoms with Crippen LogP contribution in [0.15, 0.2) is 24.3 Å². The Bertz CT molecular complexity index is 360. The summed E-state index contributed by atoms with van der Waals surface area (Å²) in [7, 11) is 0. The van der Waals surface area contributed by atoms with E-state index >= 15 is 0 Å². The first-order valence-electron chi connectivity index (χ1n) is 5.39. The number of benzene rings is 1. The summed E-state index contributed by atoms with van der Waals surface area (Å²) in [5.41, 5.74) is 6.46. The number of hydrogen-bond acceptors (Lipinski definition) is 2. The molecule has 4 heteroatoms. The van der Waals surface area contributed by atoms with Crippen LogP contribution in [-0.2, 0) is 6.54 Å². The normalized spacial score (nSPS) is 19.2. The highest BCUT2D eigenvalue weighted by Gasteiger charge is 2.45. The van der Waals surface area contributed by atoms with Gasteiger partial charge in [-0.05, 0) is 6.07 Å². The quantitative estimate of drug-likeness (QED) is 0.858. The topological polar surface area (TPSA) is 35.2 Å². The molecule has 2 nitrogen and oxygen atoms in total. The molecule has 0 aromatic heterocycles. The van der Waals surface area contributed by atoms with Crippen molar-refractivity contribution >= 4 is 0 Å². The number of para-hydroxylation sites is 1. The van der Waals surface area contributed by atoms with Crippen molar-refractivity contribution in [2.45, 2.75) is 25.3 Å². The van der Waals surface area contributed by atoms with Gasteiger partial charge in [-0.25, -0.2) is 8.78 Å². The second-order valence-corrected chi connectivity index (χ2v) is 4.25. The van der Waals surface area contributed by atoms with Gasteiger partial charge in [-0.3, -0.25) is 0 Å². The monoisotopic (exact) mass is 227 g/mol. The minimum atomic E-state index is -2.47. The summed E-state index contributed by atoms with van der Waals surface area (Å²) >= 11 is 0. The average Bonchev–Trinajstić information content (AvgIpc) is 2.23. The molecule has 0 heterocycles. The third-order valence-corrected chi connectivity index (χ3v) is 2.84. The molecule has 16 heavy (non-hydrogen) atoms. The molecule has 1 aliphatic carbocycles. The Kier molecular flexibility index (Phi) is 3.10. The van der Waals surface area contributed by atoms with Crippen LogP contribution >= 0.6 is 0 Å². The van der Waals surface area contributed by atoms with E-state index in [4.69, 9.17) is 10.5 Å². The average molecular weight is 227 g/mol. The third-order valence-electron chi connectivity index (χ3n) is 2.84. The van der Waals surface area contributed by atoms with Gasteiger partial charge in [0.15, 0.2) is 0 Å². The second kappa shape index (κ2) is 4.37. The van der Waals surface area contributed by atoms with Crippen molar-refractivity contribution in [3.05, 3.63) is 29.8 Å². The van der Waals surface area contributed by atoms with Crippen LogP contribution in [0.25, 0.3) is 0 Å². The zero-order chi connectivity index (χ0) is 11.6. The smallest absolute Gasteiger partial charge is 0.248 e. The fourth-order valence-corrected chi connectivity index (χ4v) is 1.92. The maximum atomic E-state index is 12.6. The van der Waals surface area contributed by atoms with Crippen molar-refractivity contribution in [1.29, 1.82) is 0 Å². The van der Waals surface area contributed by atoms with Crippen molar-refractivity contribution in [1.82, 2.24) is 0 Å². The summed E-state index contributed by atoms with van der Waals surface area (Å²) in [6.07, 6.45) is -0.115. The summed E-state index contributed by atoms with van der Waals surface area (Å²) in [5, 5.41) is 0. The van der Waals surface area contributed by atoms with Gasteiger partial charge in [0.1, 0.15) is 5.75 Å². The number of halogens is 2. The molecule has 1 aromatic rings. The first kappa shape index (κ1) is 11.3. The van der Waals surface area contributed by atoms with E-state index in [9.17, 15) is 8.78 Å². The van der Waals surface area contributed by atoms with Gasteiger partial charge < -0.3 is 10.5 Å². The molecule has 0 amide bonds. The van der Waals surface area contributed by atoms with Gasteiger partial charge in [0, 0.05) is 30.9 Å². The lowest BCUT2D eigenvalue weighted by atomic mass is 9.82. The molecule has 0 atom stereocenters. The molecular weight excluding hydrogens is 212 g/mol. The molecule has 1 saturated carbocycles. The number of hydrogen-bond donors (Lipinski definition) is 1. The molecule has 0 saturated heterocycles. The Morgan fingerprint density at radius 2 is 2.00 bits per heavy atom. The van der Waals surface area contributed by atoms with Crippen molar-refractivity contribution in [3.8, 4) is 5.75 Å².